The highest BCUT2D eigenvalue weighted by molar-refractivity contribution is 5.90. The Balaban J connectivity index is 2.48. The summed E-state index contributed by atoms with van der Waals surface area (Å²) >= 11 is 0. The zero-order valence-electron chi connectivity index (χ0n) is 13.0. The highest BCUT2D eigenvalue weighted by Gasteiger charge is 2.27. The minimum atomic E-state index is -1.05. The molecule has 0 bridgehead atoms. The normalized spacial score (nSPS) is 18.3. The highest BCUT2D eigenvalue weighted by Crippen LogP contribution is 2.24. The van der Waals surface area contributed by atoms with Crippen LogP contribution in [0, 0.1) is 11.8 Å². The lowest BCUT2D eigenvalue weighted by molar-refractivity contribution is -0.142. The van der Waals surface area contributed by atoms with E-state index in [0.29, 0.717) is 6.42 Å². The molecule has 2 amide bonds. The van der Waals surface area contributed by atoms with Gasteiger partial charge in [0.1, 0.15) is 12.1 Å². The van der Waals surface area contributed by atoms with Crippen LogP contribution in [0.3, 0.4) is 0 Å². The van der Waals surface area contributed by atoms with E-state index >= 15 is 0 Å². The van der Waals surface area contributed by atoms with Gasteiger partial charge in [0.2, 0.25) is 11.8 Å². The molecule has 1 fully saturated rings. The Bertz CT molecular complexity index is 389. The van der Waals surface area contributed by atoms with Gasteiger partial charge in [-0.25, -0.2) is 4.79 Å². The predicted molar refractivity (Wildman–Crippen MR) is 78.6 cm³/mol. The first kappa shape index (κ1) is 17.5. The van der Waals surface area contributed by atoms with E-state index in [9.17, 15) is 14.4 Å². The van der Waals surface area contributed by atoms with E-state index in [1.54, 1.807) is 6.92 Å². The van der Waals surface area contributed by atoms with Crippen molar-refractivity contribution in [3.05, 3.63) is 0 Å². The number of nitrogens with one attached hydrogen (secondary N) is 2. The molecule has 1 aliphatic carbocycles. The van der Waals surface area contributed by atoms with E-state index < -0.39 is 24.0 Å². The molecule has 21 heavy (non-hydrogen) atoms. The van der Waals surface area contributed by atoms with Gasteiger partial charge >= 0.3 is 5.97 Å². The third-order valence-electron chi connectivity index (χ3n) is 3.80. The highest BCUT2D eigenvalue weighted by atomic mass is 16.4. The van der Waals surface area contributed by atoms with Crippen LogP contribution in [0.2, 0.25) is 0 Å². The lowest BCUT2D eigenvalue weighted by atomic mass is 10.0. The van der Waals surface area contributed by atoms with Crippen molar-refractivity contribution >= 4 is 17.8 Å². The molecular weight excluding hydrogens is 272 g/mol. The van der Waals surface area contributed by atoms with Gasteiger partial charge in [-0.2, -0.15) is 0 Å². The first-order chi connectivity index (χ1) is 9.81. The van der Waals surface area contributed by atoms with Gasteiger partial charge in [-0.1, -0.05) is 26.7 Å². The maximum Gasteiger partial charge on any atom is 0.326 e. The van der Waals surface area contributed by atoms with Gasteiger partial charge in [0.15, 0.2) is 0 Å². The summed E-state index contributed by atoms with van der Waals surface area (Å²) in [5.41, 5.74) is 0. The summed E-state index contributed by atoms with van der Waals surface area (Å²) in [6.45, 7) is 5.37. The van der Waals surface area contributed by atoms with Crippen molar-refractivity contribution in [1.29, 1.82) is 0 Å². The molecule has 3 N–H and O–H groups in total. The molecule has 1 saturated carbocycles. The van der Waals surface area contributed by atoms with Crippen molar-refractivity contribution in [2.75, 3.05) is 0 Å². The average Bonchev–Trinajstić information content (AvgIpc) is 2.90. The molecule has 0 radical (unpaired) electrons. The van der Waals surface area contributed by atoms with Gasteiger partial charge in [-0.3, -0.25) is 9.59 Å². The van der Waals surface area contributed by atoms with E-state index in [1.807, 2.05) is 13.8 Å². The number of hydrogen-bond acceptors (Lipinski definition) is 3. The minimum Gasteiger partial charge on any atom is -0.480 e. The van der Waals surface area contributed by atoms with Gasteiger partial charge < -0.3 is 15.7 Å². The lowest BCUT2D eigenvalue weighted by Gasteiger charge is -2.21. The molecule has 1 aliphatic rings. The first-order valence-corrected chi connectivity index (χ1v) is 7.64. The molecule has 0 spiro atoms. The summed E-state index contributed by atoms with van der Waals surface area (Å²) in [5, 5.41) is 14.3. The zero-order valence-corrected chi connectivity index (χ0v) is 13.0. The summed E-state index contributed by atoms with van der Waals surface area (Å²) in [6, 6.07) is -1.63. The van der Waals surface area contributed by atoms with Crippen LogP contribution in [-0.2, 0) is 14.4 Å². The van der Waals surface area contributed by atoms with E-state index in [4.69, 9.17) is 5.11 Å². The number of carboxylic acid groups (broad SMARTS) is 1. The van der Waals surface area contributed by atoms with Crippen LogP contribution in [0.15, 0.2) is 0 Å². The fourth-order valence-electron chi connectivity index (χ4n) is 2.57. The molecule has 6 heteroatoms. The van der Waals surface area contributed by atoms with Crippen LogP contribution >= 0.6 is 0 Å². The largest absolute Gasteiger partial charge is 0.480 e. The molecular formula is C15H26N2O4. The standard InChI is InChI=1S/C15H26N2O4/c1-9(2)8-12(15(20)21)17-13(18)10(3)16-14(19)11-6-4-5-7-11/h9-12H,4-8H2,1-3H3,(H,16,19)(H,17,18)(H,20,21)/t10?,12-/m1/s1. The quantitative estimate of drug-likeness (QED) is 0.660. The Morgan fingerprint density at radius 2 is 1.67 bits per heavy atom. The Kier molecular flexibility index (Phi) is 6.65. The summed E-state index contributed by atoms with van der Waals surface area (Å²) in [5.74, 6) is -1.45. The van der Waals surface area contributed by atoms with E-state index in [1.165, 1.54) is 0 Å². The lowest BCUT2D eigenvalue weighted by Crippen LogP contribution is -2.51. The van der Waals surface area contributed by atoms with Crippen molar-refractivity contribution in [1.82, 2.24) is 10.6 Å². The number of amides is 2. The smallest absolute Gasteiger partial charge is 0.326 e. The van der Waals surface area contributed by atoms with Crippen molar-refractivity contribution < 1.29 is 19.5 Å². The predicted octanol–water partition coefficient (Wildman–Crippen LogP) is 1.30. The topological polar surface area (TPSA) is 95.5 Å². The van der Waals surface area contributed by atoms with Crippen molar-refractivity contribution in [2.24, 2.45) is 11.8 Å². The molecule has 0 aromatic rings. The molecule has 120 valence electrons. The average molecular weight is 298 g/mol. The minimum absolute atomic E-state index is 0.00816. The maximum atomic E-state index is 12.0. The van der Waals surface area contributed by atoms with Crippen molar-refractivity contribution in [3.8, 4) is 0 Å². The zero-order chi connectivity index (χ0) is 16.0. The summed E-state index contributed by atoms with van der Waals surface area (Å²) in [4.78, 5) is 35.1. The van der Waals surface area contributed by atoms with E-state index in [0.717, 1.165) is 25.7 Å². The Labute approximate surface area is 125 Å². The van der Waals surface area contributed by atoms with Gasteiger partial charge in [-0.15, -0.1) is 0 Å². The van der Waals surface area contributed by atoms with Gasteiger partial charge in [-0.05, 0) is 32.1 Å². The second kappa shape index (κ2) is 8.00. The van der Waals surface area contributed by atoms with Gasteiger partial charge in [0.25, 0.3) is 0 Å². The number of aliphatic carboxylic acids is 1. The van der Waals surface area contributed by atoms with Crippen molar-refractivity contribution in [2.45, 2.75) is 65.0 Å². The fourth-order valence-corrected chi connectivity index (χ4v) is 2.57. The molecule has 0 aromatic carbocycles. The van der Waals surface area contributed by atoms with Crippen LogP contribution in [0.1, 0.15) is 52.9 Å². The van der Waals surface area contributed by atoms with Crippen molar-refractivity contribution in [3.63, 3.8) is 0 Å². The molecule has 0 aromatic heterocycles. The maximum absolute atomic E-state index is 12.0. The summed E-state index contributed by atoms with van der Waals surface area (Å²) < 4.78 is 0. The van der Waals surface area contributed by atoms with Gasteiger partial charge in [0.05, 0.1) is 0 Å². The fraction of sp³-hybridized carbons (Fsp3) is 0.800. The van der Waals surface area contributed by atoms with Crippen LogP contribution in [0.4, 0.5) is 0 Å². The second-order valence-corrected chi connectivity index (χ2v) is 6.24. The van der Waals surface area contributed by atoms with Crippen LogP contribution in [0.25, 0.3) is 0 Å². The Morgan fingerprint density at radius 1 is 1.10 bits per heavy atom. The Hall–Kier alpha value is -1.59. The molecule has 2 atom stereocenters. The van der Waals surface area contributed by atoms with Crippen LogP contribution < -0.4 is 10.6 Å². The number of rotatable bonds is 7. The second-order valence-electron chi connectivity index (χ2n) is 6.24. The third kappa shape index (κ3) is 5.73. The number of hydrogen-bond donors (Lipinski definition) is 3. The molecule has 0 heterocycles. The number of carboxylic acids is 1. The monoisotopic (exact) mass is 298 g/mol. The number of carbonyl (C=O) groups excluding carboxylic acids is 2. The summed E-state index contributed by atoms with van der Waals surface area (Å²) in [6.07, 6.45) is 4.20. The molecule has 1 unspecified atom stereocenters. The molecule has 0 saturated heterocycles. The van der Waals surface area contributed by atoms with E-state index in [2.05, 4.69) is 10.6 Å². The third-order valence-corrected chi connectivity index (χ3v) is 3.80. The summed E-state index contributed by atoms with van der Waals surface area (Å²) in [7, 11) is 0. The van der Waals surface area contributed by atoms with Gasteiger partial charge in [0, 0.05) is 5.92 Å². The number of carbonyl (C=O) groups is 3. The Morgan fingerprint density at radius 3 is 2.14 bits per heavy atom. The molecule has 1 rings (SSSR count). The van der Waals surface area contributed by atoms with E-state index in [-0.39, 0.29) is 17.7 Å². The molecule has 0 aliphatic heterocycles. The van der Waals surface area contributed by atoms with Crippen LogP contribution in [-0.4, -0.2) is 35.0 Å². The SMILES string of the molecule is CC(C)C[C@@H](NC(=O)C(C)NC(=O)C1CCCC1)C(=O)O. The van der Waals surface area contributed by atoms with Crippen LogP contribution in [0.5, 0.6) is 0 Å². The first-order valence-electron chi connectivity index (χ1n) is 7.64. The molecule has 6 nitrogen and oxygen atoms in total.